The number of fused-ring (bicyclic) bond motifs is 1. The van der Waals surface area contributed by atoms with Crippen molar-refractivity contribution in [2.45, 2.75) is 26.2 Å². The maximum absolute atomic E-state index is 12.1. The first-order valence-corrected chi connectivity index (χ1v) is 7.78. The predicted octanol–water partition coefficient (Wildman–Crippen LogP) is 3.01. The molecule has 1 N–H and O–H groups in total. The average molecular weight is 296 g/mol. The summed E-state index contributed by atoms with van der Waals surface area (Å²) in [5.41, 5.74) is 1.12. The molecular weight excluding hydrogens is 274 g/mol. The van der Waals surface area contributed by atoms with Crippen LogP contribution in [-0.2, 0) is 11.2 Å². The molecule has 0 saturated heterocycles. The monoisotopic (exact) mass is 295 g/mol. The Morgan fingerprint density at radius 2 is 2.30 bits per heavy atom. The van der Waals surface area contributed by atoms with Crippen molar-refractivity contribution in [1.29, 1.82) is 0 Å². The van der Waals surface area contributed by atoms with Crippen LogP contribution in [0.2, 0.25) is 0 Å². The first kappa shape index (κ1) is 15.2. The molecule has 20 heavy (non-hydrogen) atoms. The van der Waals surface area contributed by atoms with E-state index in [9.17, 15) is 4.79 Å². The number of hydrogen-bond acceptors (Lipinski definition) is 2. The molecule has 1 heterocycles. The molecule has 0 spiro atoms. The van der Waals surface area contributed by atoms with Gasteiger partial charge < -0.3 is 10.1 Å². The van der Waals surface area contributed by atoms with E-state index < -0.39 is 0 Å². The van der Waals surface area contributed by atoms with Gasteiger partial charge in [0.1, 0.15) is 12.4 Å². The van der Waals surface area contributed by atoms with Crippen LogP contribution in [0.5, 0.6) is 5.75 Å². The highest BCUT2D eigenvalue weighted by molar-refractivity contribution is 6.18. The van der Waals surface area contributed by atoms with Crippen molar-refractivity contribution in [2.75, 3.05) is 19.0 Å². The zero-order valence-corrected chi connectivity index (χ0v) is 12.7. The Hall–Kier alpha value is -1.22. The molecule has 2 atom stereocenters. The highest BCUT2D eigenvalue weighted by Crippen LogP contribution is 2.26. The van der Waals surface area contributed by atoms with E-state index in [4.69, 9.17) is 16.3 Å². The lowest BCUT2D eigenvalue weighted by Gasteiger charge is -2.24. The van der Waals surface area contributed by atoms with Gasteiger partial charge in [-0.05, 0) is 36.8 Å². The van der Waals surface area contributed by atoms with Crippen LogP contribution in [0.4, 0.5) is 0 Å². The van der Waals surface area contributed by atoms with Gasteiger partial charge >= 0.3 is 0 Å². The smallest absolute Gasteiger partial charge is 0.226 e. The van der Waals surface area contributed by atoms with Crippen LogP contribution in [0.1, 0.15) is 25.3 Å². The number of amides is 1. The van der Waals surface area contributed by atoms with Crippen LogP contribution < -0.4 is 10.1 Å². The highest BCUT2D eigenvalue weighted by Gasteiger charge is 2.25. The minimum Gasteiger partial charge on any atom is -0.492 e. The van der Waals surface area contributed by atoms with Gasteiger partial charge in [0.05, 0.1) is 5.92 Å². The molecule has 0 bridgehead atoms. The van der Waals surface area contributed by atoms with E-state index in [0.29, 0.717) is 18.4 Å². The highest BCUT2D eigenvalue weighted by atomic mass is 35.5. The second kappa shape index (κ2) is 7.53. The third-order valence-electron chi connectivity index (χ3n) is 3.69. The second-order valence-electron chi connectivity index (χ2n) is 5.51. The zero-order chi connectivity index (χ0) is 14.4. The Kier molecular flexibility index (Phi) is 5.72. The molecule has 3 nitrogen and oxygen atoms in total. The van der Waals surface area contributed by atoms with E-state index >= 15 is 0 Å². The van der Waals surface area contributed by atoms with E-state index in [2.05, 4.69) is 12.2 Å². The Labute approximate surface area is 125 Å². The van der Waals surface area contributed by atoms with E-state index in [1.54, 1.807) is 0 Å². The van der Waals surface area contributed by atoms with Crippen molar-refractivity contribution >= 4 is 17.5 Å². The molecule has 0 radical (unpaired) electrons. The molecule has 0 saturated carbocycles. The summed E-state index contributed by atoms with van der Waals surface area (Å²) in [7, 11) is 0. The largest absolute Gasteiger partial charge is 0.492 e. The minimum absolute atomic E-state index is 0.0737. The van der Waals surface area contributed by atoms with E-state index in [1.807, 2.05) is 24.3 Å². The van der Waals surface area contributed by atoms with Crippen molar-refractivity contribution in [2.24, 2.45) is 11.8 Å². The molecule has 1 aromatic carbocycles. The fourth-order valence-corrected chi connectivity index (χ4v) is 2.53. The van der Waals surface area contributed by atoms with Crippen molar-refractivity contribution in [1.82, 2.24) is 5.32 Å². The number of carbonyl (C=O) groups excluding carboxylic acids is 1. The first-order valence-electron chi connectivity index (χ1n) is 7.25. The second-order valence-corrected chi connectivity index (χ2v) is 5.82. The lowest BCUT2D eigenvalue weighted by atomic mass is 9.96. The fourth-order valence-electron chi connectivity index (χ4n) is 2.38. The van der Waals surface area contributed by atoms with Gasteiger partial charge in [-0.2, -0.15) is 0 Å². The molecule has 4 heteroatoms. The van der Waals surface area contributed by atoms with E-state index in [0.717, 1.165) is 37.1 Å². The molecular formula is C16H22ClNO2. The summed E-state index contributed by atoms with van der Waals surface area (Å²) in [6.07, 6.45) is 2.79. The van der Waals surface area contributed by atoms with Gasteiger partial charge in [-0.3, -0.25) is 4.79 Å². The van der Waals surface area contributed by atoms with Crippen LogP contribution in [0.3, 0.4) is 0 Å². The van der Waals surface area contributed by atoms with Crippen molar-refractivity contribution < 1.29 is 9.53 Å². The number of nitrogens with one attached hydrogen (secondary N) is 1. The van der Waals surface area contributed by atoms with Gasteiger partial charge in [-0.15, -0.1) is 11.6 Å². The van der Waals surface area contributed by atoms with Crippen molar-refractivity contribution in [3.05, 3.63) is 29.8 Å². The number of benzene rings is 1. The number of carbonyl (C=O) groups is 1. The summed E-state index contributed by atoms with van der Waals surface area (Å²) in [5, 5.41) is 3.00. The standard InChI is InChI=1S/C16H22ClNO2/c1-12(10-17)5-4-8-18-16(19)14-9-13-6-2-3-7-15(13)20-11-14/h2-3,6-7,12,14H,4-5,8-11H2,1H3,(H,18,19). The van der Waals surface area contributed by atoms with E-state index in [-0.39, 0.29) is 11.8 Å². The minimum atomic E-state index is -0.0737. The zero-order valence-electron chi connectivity index (χ0n) is 11.9. The lowest BCUT2D eigenvalue weighted by molar-refractivity contribution is -0.126. The quantitative estimate of drug-likeness (QED) is 0.647. The summed E-state index contributed by atoms with van der Waals surface area (Å²) in [4.78, 5) is 12.1. The van der Waals surface area contributed by atoms with Gasteiger partial charge in [0.15, 0.2) is 0 Å². The summed E-state index contributed by atoms with van der Waals surface area (Å²) in [5.74, 6) is 2.13. The van der Waals surface area contributed by atoms with Crippen LogP contribution in [-0.4, -0.2) is 24.9 Å². The maximum atomic E-state index is 12.1. The molecule has 0 aromatic heterocycles. The summed E-state index contributed by atoms with van der Waals surface area (Å²) >= 11 is 5.76. The SMILES string of the molecule is CC(CCl)CCCNC(=O)C1COc2ccccc2C1. The van der Waals surface area contributed by atoms with E-state index in [1.165, 1.54) is 0 Å². The molecule has 1 aliphatic heterocycles. The third kappa shape index (κ3) is 4.14. The normalized spacial score (nSPS) is 18.8. The molecule has 1 aliphatic rings. The van der Waals surface area contributed by atoms with Gasteiger partial charge in [-0.25, -0.2) is 0 Å². The molecule has 0 fully saturated rings. The molecule has 2 rings (SSSR count). The van der Waals surface area contributed by atoms with Gasteiger partial charge in [0, 0.05) is 12.4 Å². The Morgan fingerprint density at radius 3 is 3.10 bits per heavy atom. The number of rotatable bonds is 6. The number of para-hydroxylation sites is 1. The topological polar surface area (TPSA) is 38.3 Å². The predicted molar refractivity (Wildman–Crippen MR) is 81.3 cm³/mol. The summed E-state index contributed by atoms with van der Waals surface area (Å²) < 4.78 is 5.64. The Morgan fingerprint density at radius 1 is 1.50 bits per heavy atom. The molecule has 1 amide bonds. The maximum Gasteiger partial charge on any atom is 0.226 e. The number of hydrogen-bond donors (Lipinski definition) is 1. The molecule has 1 aromatic rings. The number of halogens is 1. The van der Waals surface area contributed by atoms with Gasteiger partial charge in [0.2, 0.25) is 5.91 Å². The molecule has 110 valence electrons. The number of alkyl halides is 1. The Bertz CT molecular complexity index is 450. The fraction of sp³-hybridized carbons (Fsp3) is 0.562. The van der Waals surface area contributed by atoms with Crippen molar-refractivity contribution in [3.8, 4) is 5.75 Å². The van der Waals surface area contributed by atoms with Gasteiger partial charge in [-0.1, -0.05) is 25.1 Å². The first-order chi connectivity index (χ1) is 9.70. The van der Waals surface area contributed by atoms with Crippen LogP contribution in [0, 0.1) is 11.8 Å². The average Bonchev–Trinajstić information content (AvgIpc) is 2.50. The molecule has 2 unspecified atom stereocenters. The van der Waals surface area contributed by atoms with Crippen LogP contribution >= 0.6 is 11.6 Å². The third-order valence-corrected chi connectivity index (χ3v) is 4.21. The summed E-state index contributed by atoms with van der Waals surface area (Å²) in [6.45, 7) is 3.32. The summed E-state index contributed by atoms with van der Waals surface area (Å²) in [6, 6.07) is 7.92. The van der Waals surface area contributed by atoms with Crippen LogP contribution in [0.25, 0.3) is 0 Å². The lowest BCUT2D eigenvalue weighted by Crippen LogP contribution is -2.37. The van der Waals surface area contributed by atoms with Gasteiger partial charge in [0.25, 0.3) is 0 Å². The molecule has 0 aliphatic carbocycles. The number of ether oxygens (including phenoxy) is 1. The van der Waals surface area contributed by atoms with Crippen LogP contribution in [0.15, 0.2) is 24.3 Å². The van der Waals surface area contributed by atoms with Crippen molar-refractivity contribution in [3.63, 3.8) is 0 Å². The Balaban J connectivity index is 1.74.